The Morgan fingerprint density at radius 1 is 1.10 bits per heavy atom. The van der Waals surface area contributed by atoms with Crippen molar-refractivity contribution in [3.8, 4) is 11.4 Å². The SMILES string of the molecule is CC(=O)c1nn(-c2ccccc2)cc1Cc1cccc(OCCc2nc(C)oc2C)c1. The molecule has 0 radical (unpaired) electrons. The molecule has 0 bridgehead atoms. The van der Waals surface area contributed by atoms with Crippen molar-refractivity contribution in [1.29, 1.82) is 0 Å². The number of carbonyl (C=O) groups is 1. The number of Topliss-reactive ketones (excluding diaryl/α,β-unsaturated/α-hetero) is 1. The first-order valence-corrected chi connectivity index (χ1v) is 10.3. The highest BCUT2D eigenvalue weighted by Gasteiger charge is 2.15. The number of para-hydroxylation sites is 1. The molecule has 0 fully saturated rings. The zero-order chi connectivity index (χ0) is 21.8. The van der Waals surface area contributed by atoms with Gasteiger partial charge >= 0.3 is 0 Å². The van der Waals surface area contributed by atoms with Gasteiger partial charge in [-0.05, 0) is 36.8 Å². The molecular weight excluding hydrogens is 390 g/mol. The first-order chi connectivity index (χ1) is 15.0. The third-order valence-electron chi connectivity index (χ3n) is 5.04. The second-order valence-corrected chi connectivity index (χ2v) is 7.50. The molecule has 0 saturated carbocycles. The average molecular weight is 415 g/mol. The second kappa shape index (κ2) is 9.00. The van der Waals surface area contributed by atoms with Gasteiger partial charge in [-0.2, -0.15) is 5.10 Å². The molecule has 2 aromatic heterocycles. The van der Waals surface area contributed by atoms with E-state index in [1.165, 1.54) is 0 Å². The summed E-state index contributed by atoms with van der Waals surface area (Å²) in [6.07, 6.45) is 3.21. The van der Waals surface area contributed by atoms with Crippen LogP contribution in [0.1, 0.15) is 45.9 Å². The summed E-state index contributed by atoms with van der Waals surface area (Å²) in [6, 6.07) is 17.7. The minimum absolute atomic E-state index is 0.0460. The predicted octanol–water partition coefficient (Wildman–Crippen LogP) is 4.89. The number of ketones is 1. The Morgan fingerprint density at radius 2 is 1.90 bits per heavy atom. The lowest BCUT2D eigenvalue weighted by Crippen LogP contribution is -2.03. The zero-order valence-electron chi connectivity index (χ0n) is 18.0. The Morgan fingerprint density at radius 3 is 2.61 bits per heavy atom. The van der Waals surface area contributed by atoms with Crippen molar-refractivity contribution in [3.05, 3.63) is 95.0 Å². The van der Waals surface area contributed by atoms with Gasteiger partial charge in [-0.3, -0.25) is 4.79 Å². The first-order valence-electron chi connectivity index (χ1n) is 10.3. The van der Waals surface area contributed by atoms with Gasteiger partial charge in [0.2, 0.25) is 0 Å². The van der Waals surface area contributed by atoms with E-state index in [9.17, 15) is 4.79 Å². The fourth-order valence-corrected chi connectivity index (χ4v) is 3.58. The average Bonchev–Trinajstić information content (AvgIpc) is 3.32. The molecule has 0 spiro atoms. The van der Waals surface area contributed by atoms with E-state index in [0.29, 0.717) is 31.0 Å². The van der Waals surface area contributed by atoms with Crippen molar-refractivity contribution in [2.45, 2.75) is 33.6 Å². The summed E-state index contributed by atoms with van der Waals surface area (Å²) >= 11 is 0. The Bertz CT molecular complexity index is 1190. The van der Waals surface area contributed by atoms with Crippen molar-refractivity contribution < 1.29 is 13.9 Å². The number of rotatable bonds is 8. The van der Waals surface area contributed by atoms with Crippen LogP contribution in [0.15, 0.2) is 65.2 Å². The first kappa shape index (κ1) is 20.6. The van der Waals surface area contributed by atoms with Crippen LogP contribution in [0.25, 0.3) is 5.69 Å². The van der Waals surface area contributed by atoms with E-state index >= 15 is 0 Å². The minimum Gasteiger partial charge on any atom is -0.493 e. The molecule has 4 rings (SSSR count). The van der Waals surface area contributed by atoms with Gasteiger partial charge in [0.1, 0.15) is 17.2 Å². The molecule has 31 heavy (non-hydrogen) atoms. The molecule has 0 unspecified atom stereocenters. The van der Waals surface area contributed by atoms with Crippen LogP contribution in [-0.4, -0.2) is 27.2 Å². The van der Waals surface area contributed by atoms with Gasteiger partial charge in [-0.15, -0.1) is 0 Å². The number of nitrogens with zero attached hydrogens (tertiary/aromatic N) is 3. The van der Waals surface area contributed by atoms with Crippen LogP contribution in [0, 0.1) is 13.8 Å². The van der Waals surface area contributed by atoms with Gasteiger partial charge in [-0.1, -0.05) is 30.3 Å². The quantitative estimate of drug-likeness (QED) is 0.383. The van der Waals surface area contributed by atoms with Gasteiger partial charge in [0.15, 0.2) is 11.7 Å². The smallest absolute Gasteiger partial charge is 0.191 e. The highest BCUT2D eigenvalue weighted by Crippen LogP contribution is 2.21. The lowest BCUT2D eigenvalue weighted by Gasteiger charge is -2.07. The number of carbonyl (C=O) groups excluding carboxylic acids is 1. The summed E-state index contributed by atoms with van der Waals surface area (Å²) in [5.74, 6) is 2.25. The summed E-state index contributed by atoms with van der Waals surface area (Å²) < 4.78 is 13.2. The number of benzene rings is 2. The number of aryl methyl sites for hydroxylation is 2. The highest BCUT2D eigenvalue weighted by atomic mass is 16.5. The van der Waals surface area contributed by atoms with Crippen LogP contribution in [-0.2, 0) is 12.8 Å². The van der Waals surface area contributed by atoms with Crippen LogP contribution >= 0.6 is 0 Å². The summed E-state index contributed by atoms with van der Waals surface area (Å²) in [7, 11) is 0. The molecule has 0 aliphatic carbocycles. The number of aromatic nitrogens is 3. The largest absolute Gasteiger partial charge is 0.493 e. The Balaban J connectivity index is 1.47. The normalized spacial score (nSPS) is 10.9. The Hall–Kier alpha value is -3.67. The minimum atomic E-state index is -0.0460. The molecule has 158 valence electrons. The third kappa shape index (κ3) is 4.91. The fourth-order valence-electron chi connectivity index (χ4n) is 3.58. The van der Waals surface area contributed by atoms with Gasteiger partial charge in [0.25, 0.3) is 0 Å². The monoisotopic (exact) mass is 415 g/mol. The maximum atomic E-state index is 12.2. The van der Waals surface area contributed by atoms with Crippen molar-refractivity contribution in [2.75, 3.05) is 6.61 Å². The summed E-state index contributed by atoms with van der Waals surface area (Å²) in [5, 5.41) is 4.51. The number of hydrogen-bond acceptors (Lipinski definition) is 5. The van der Waals surface area contributed by atoms with E-state index < -0.39 is 0 Å². The fraction of sp³-hybridized carbons (Fsp3) is 0.240. The van der Waals surface area contributed by atoms with Crippen molar-refractivity contribution in [3.63, 3.8) is 0 Å². The van der Waals surface area contributed by atoms with Crippen LogP contribution in [0.4, 0.5) is 0 Å². The van der Waals surface area contributed by atoms with Crippen LogP contribution in [0.3, 0.4) is 0 Å². The molecule has 0 saturated heterocycles. The number of ether oxygens (including phenoxy) is 1. The van der Waals surface area contributed by atoms with E-state index in [1.54, 1.807) is 11.6 Å². The molecule has 0 N–H and O–H groups in total. The summed E-state index contributed by atoms with van der Waals surface area (Å²) in [5.41, 5.74) is 4.29. The zero-order valence-corrected chi connectivity index (χ0v) is 18.0. The molecule has 4 aromatic rings. The van der Waals surface area contributed by atoms with E-state index in [1.807, 2.05) is 74.6 Å². The van der Waals surface area contributed by atoms with Gasteiger partial charge in [0, 0.05) is 38.4 Å². The molecule has 2 aromatic carbocycles. The van der Waals surface area contributed by atoms with E-state index in [-0.39, 0.29) is 5.78 Å². The number of hydrogen-bond donors (Lipinski definition) is 0. The van der Waals surface area contributed by atoms with Crippen molar-refractivity contribution in [1.82, 2.24) is 14.8 Å². The molecule has 6 nitrogen and oxygen atoms in total. The summed E-state index contributed by atoms with van der Waals surface area (Å²) in [6.45, 7) is 5.82. The topological polar surface area (TPSA) is 70.2 Å². The van der Waals surface area contributed by atoms with Crippen LogP contribution in [0.2, 0.25) is 0 Å². The molecule has 6 heteroatoms. The summed E-state index contributed by atoms with van der Waals surface area (Å²) in [4.78, 5) is 16.5. The van der Waals surface area contributed by atoms with Gasteiger partial charge < -0.3 is 9.15 Å². The van der Waals surface area contributed by atoms with Crippen LogP contribution in [0.5, 0.6) is 5.75 Å². The van der Waals surface area contributed by atoms with Crippen molar-refractivity contribution >= 4 is 5.78 Å². The molecule has 2 heterocycles. The maximum Gasteiger partial charge on any atom is 0.191 e. The lowest BCUT2D eigenvalue weighted by atomic mass is 10.0. The maximum absolute atomic E-state index is 12.2. The van der Waals surface area contributed by atoms with Gasteiger partial charge in [0.05, 0.1) is 18.0 Å². The predicted molar refractivity (Wildman–Crippen MR) is 118 cm³/mol. The molecule has 0 atom stereocenters. The molecule has 0 amide bonds. The van der Waals surface area contributed by atoms with Gasteiger partial charge in [-0.25, -0.2) is 9.67 Å². The molecule has 0 aliphatic rings. The third-order valence-corrected chi connectivity index (χ3v) is 5.04. The molecule has 0 aliphatic heterocycles. The standard InChI is InChI=1S/C25H25N3O3/c1-17(29)25-21(16-28(27-25)22-9-5-4-6-10-22)14-20-8-7-11-23(15-20)30-13-12-24-18(2)31-19(3)26-24/h4-11,15-16H,12-14H2,1-3H3. The van der Waals surface area contributed by atoms with E-state index in [0.717, 1.165) is 34.0 Å². The second-order valence-electron chi connectivity index (χ2n) is 7.50. The van der Waals surface area contributed by atoms with E-state index in [2.05, 4.69) is 10.1 Å². The molecular formula is C25H25N3O3. The van der Waals surface area contributed by atoms with Crippen molar-refractivity contribution in [2.24, 2.45) is 0 Å². The lowest BCUT2D eigenvalue weighted by molar-refractivity contribution is 0.101. The Kier molecular flexibility index (Phi) is 5.98. The van der Waals surface area contributed by atoms with E-state index in [4.69, 9.17) is 9.15 Å². The number of oxazole rings is 1. The Labute approximate surface area is 181 Å². The highest BCUT2D eigenvalue weighted by molar-refractivity contribution is 5.93. The van der Waals surface area contributed by atoms with Crippen LogP contribution < -0.4 is 4.74 Å².